The maximum Gasteiger partial charge on any atom is 0.332 e. The Bertz CT molecular complexity index is 1520. The average Bonchev–Trinajstić information content (AvgIpc) is 3.32. The normalized spacial score (nSPS) is 11.3. The van der Waals surface area contributed by atoms with Gasteiger partial charge in [-0.2, -0.15) is 4.98 Å². The summed E-state index contributed by atoms with van der Waals surface area (Å²) in [6, 6.07) is 5.40. The Morgan fingerprint density at radius 3 is 2.42 bits per heavy atom. The first-order valence-corrected chi connectivity index (χ1v) is 10.2. The molecule has 0 atom stereocenters. The van der Waals surface area contributed by atoms with Crippen molar-refractivity contribution >= 4 is 22.9 Å². The zero-order valence-corrected chi connectivity index (χ0v) is 19.3. The Hall–Kier alpha value is -4.02. The highest BCUT2D eigenvalue weighted by Crippen LogP contribution is 2.32. The zero-order valence-electron chi connectivity index (χ0n) is 19.3. The average molecular weight is 455 g/mol. The molecule has 0 spiro atoms. The minimum atomic E-state index is -0.558. The van der Waals surface area contributed by atoms with E-state index in [1.54, 1.807) is 37.8 Å². The third-order valence-corrected chi connectivity index (χ3v) is 5.91. The molecule has 11 nitrogen and oxygen atoms in total. The minimum Gasteiger partial charge on any atom is -0.497 e. The van der Waals surface area contributed by atoms with Crippen LogP contribution in [0.3, 0.4) is 0 Å². The molecular weight excluding hydrogens is 430 g/mol. The quantitative estimate of drug-likeness (QED) is 0.403. The van der Waals surface area contributed by atoms with Gasteiger partial charge in [-0.25, -0.2) is 4.79 Å². The molecule has 0 bridgehead atoms. The van der Waals surface area contributed by atoms with Crippen molar-refractivity contribution in [3.63, 3.8) is 0 Å². The molecule has 3 heterocycles. The van der Waals surface area contributed by atoms with Gasteiger partial charge in [-0.1, -0.05) is 0 Å². The van der Waals surface area contributed by atoms with Crippen LogP contribution in [0.15, 0.2) is 27.8 Å². The van der Waals surface area contributed by atoms with Gasteiger partial charge in [0, 0.05) is 31.0 Å². The molecule has 0 amide bonds. The van der Waals surface area contributed by atoms with Crippen molar-refractivity contribution < 1.29 is 19.0 Å². The van der Waals surface area contributed by atoms with Gasteiger partial charge in [0.15, 0.2) is 11.2 Å². The number of benzene rings is 1. The number of imidazole rings is 2. The van der Waals surface area contributed by atoms with E-state index in [1.807, 2.05) is 24.5 Å². The standard InChI is InChI=1S/C22H25N5O6/c1-12-13(2)27-18-19(24(3)22(30)25(20(18)29)10-9-17(28)33-6)23-21(27)26(12)15-11-14(31-4)7-8-16(15)32-5/h7-8,11H,9-10H2,1-6H3. The molecule has 174 valence electrons. The number of esters is 1. The highest BCUT2D eigenvalue weighted by Gasteiger charge is 2.24. The van der Waals surface area contributed by atoms with Gasteiger partial charge in [0.2, 0.25) is 5.78 Å². The largest absolute Gasteiger partial charge is 0.497 e. The van der Waals surface area contributed by atoms with Gasteiger partial charge in [0.25, 0.3) is 5.56 Å². The Morgan fingerprint density at radius 2 is 1.79 bits per heavy atom. The van der Waals surface area contributed by atoms with Crippen molar-refractivity contribution in [1.29, 1.82) is 0 Å². The number of aromatic nitrogens is 5. The van der Waals surface area contributed by atoms with Crippen LogP contribution < -0.4 is 20.7 Å². The highest BCUT2D eigenvalue weighted by molar-refractivity contribution is 5.78. The summed E-state index contributed by atoms with van der Waals surface area (Å²) in [6.07, 6.45) is -0.0981. The summed E-state index contributed by atoms with van der Waals surface area (Å²) in [6.45, 7) is 3.69. The smallest absolute Gasteiger partial charge is 0.332 e. The zero-order chi connectivity index (χ0) is 24.0. The number of nitrogens with zero attached hydrogens (tertiary/aromatic N) is 5. The topological polar surface area (TPSA) is 111 Å². The van der Waals surface area contributed by atoms with Crippen LogP contribution in [-0.2, 0) is 23.1 Å². The van der Waals surface area contributed by atoms with Crippen molar-refractivity contribution in [2.45, 2.75) is 26.8 Å². The lowest BCUT2D eigenvalue weighted by atomic mass is 10.2. The van der Waals surface area contributed by atoms with Gasteiger partial charge in [0.1, 0.15) is 11.5 Å². The first-order valence-electron chi connectivity index (χ1n) is 10.2. The SMILES string of the molecule is COC(=O)CCn1c(=O)c2c(nc3n(-c4cc(OC)ccc4OC)c(C)c(C)n23)n(C)c1=O. The van der Waals surface area contributed by atoms with Crippen LogP contribution in [0.2, 0.25) is 0 Å². The molecule has 3 aromatic heterocycles. The Labute approximate surface area is 188 Å². The van der Waals surface area contributed by atoms with E-state index in [0.717, 1.165) is 16.0 Å². The van der Waals surface area contributed by atoms with Gasteiger partial charge in [0.05, 0.1) is 33.4 Å². The summed E-state index contributed by atoms with van der Waals surface area (Å²) < 4.78 is 21.5. The fourth-order valence-electron chi connectivity index (χ4n) is 4.01. The number of fused-ring (bicyclic) bond motifs is 3. The third-order valence-electron chi connectivity index (χ3n) is 5.91. The van der Waals surface area contributed by atoms with E-state index in [4.69, 9.17) is 9.47 Å². The summed E-state index contributed by atoms with van der Waals surface area (Å²) in [5, 5.41) is 0. The number of carbonyl (C=O) groups excluding carboxylic acids is 1. The van der Waals surface area contributed by atoms with E-state index in [2.05, 4.69) is 9.72 Å². The number of rotatable bonds is 6. The van der Waals surface area contributed by atoms with Crippen LogP contribution in [0, 0.1) is 13.8 Å². The maximum absolute atomic E-state index is 13.4. The summed E-state index contributed by atoms with van der Waals surface area (Å²) in [5.41, 5.74) is 1.69. The third kappa shape index (κ3) is 3.27. The van der Waals surface area contributed by atoms with E-state index in [-0.39, 0.29) is 24.1 Å². The molecule has 4 aromatic rings. The second-order valence-corrected chi connectivity index (χ2v) is 7.59. The van der Waals surface area contributed by atoms with Crippen LogP contribution in [0.25, 0.3) is 22.6 Å². The lowest BCUT2D eigenvalue weighted by molar-refractivity contribution is -0.140. The van der Waals surface area contributed by atoms with Crippen LogP contribution in [-0.4, -0.2) is 50.4 Å². The molecule has 0 unspecified atom stereocenters. The number of hydrogen-bond acceptors (Lipinski definition) is 7. The van der Waals surface area contributed by atoms with Gasteiger partial charge in [-0.05, 0) is 26.0 Å². The number of hydrogen-bond donors (Lipinski definition) is 0. The number of methoxy groups -OCH3 is 3. The van der Waals surface area contributed by atoms with Gasteiger partial charge >= 0.3 is 11.7 Å². The molecule has 0 aliphatic carbocycles. The molecule has 0 radical (unpaired) electrons. The first kappa shape index (κ1) is 22.2. The van der Waals surface area contributed by atoms with Crippen molar-refractivity contribution in [3.05, 3.63) is 50.4 Å². The molecule has 0 fully saturated rings. The van der Waals surface area contributed by atoms with Crippen molar-refractivity contribution in [3.8, 4) is 17.2 Å². The van der Waals surface area contributed by atoms with Gasteiger partial charge in [-0.15, -0.1) is 0 Å². The Kier molecular flexibility index (Phi) is 5.48. The number of aryl methyl sites for hydroxylation is 2. The second kappa shape index (κ2) is 8.15. The first-order chi connectivity index (χ1) is 15.7. The van der Waals surface area contributed by atoms with Gasteiger partial charge in [-0.3, -0.25) is 27.7 Å². The van der Waals surface area contributed by atoms with Gasteiger partial charge < -0.3 is 14.2 Å². The molecule has 0 aliphatic rings. The number of ether oxygens (including phenoxy) is 3. The van der Waals surface area contributed by atoms with Crippen LogP contribution in [0.1, 0.15) is 17.8 Å². The molecule has 33 heavy (non-hydrogen) atoms. The molecule has 4 rings (SSSR count). The molecule has 0 aliphatic heterocycles. The predicted molar refractivity (Wildman–Crippen MR) is 121 cm³/mol. The Balaban J connectivity index is 2.08. The molecule has 0 N–H and O–H groups in total. The van der Waals surface area contributed by atoms with Crippen LogP contribution in [0.4, 0.5) is 0 Å². The molecular formula is C22H25N5O6. The summed E-state index contributed by atoms with van der Waals surface area (Å²) in [7, 11) is 5.95. The summed E-state index contributed by atoms with van der Waals surface area (Å²) in [5.74, 6) is 1.16. The van der Waals surface area contributed by atoms with E-state index in [1.165, 1.54) is 11.7 Å². The number of carbonyl (C=O) groups is 1. The Morgan fingerprint density at radius 1 is 1.06 bits per heavy atom. The summed E-state index contributed by atoms with van der Waals surface area (Å²) in [4.78, 5) is 42.5. The molecule has 1 aromatic carbocycles. The van der Waals surface area contributed by atoms with E-state index < -0.39 is 17.2 Å². The van der Waals surface area contributed by atoms with Crippen molar-refractivity contribution in [1.82, 2.24) is 23.1 Å². The fraction of sp³-hybridized carbons (Fsp3) is 0.364. The lowest BCUT2D eigenvalue weighted by Crippen LogP contribution is -2.40. The molecule has 0 saturated heterocycles. The van der Waals surface area contributed by atoms with E-state index >= 15 is 0 Å². The molecule has 0 saturated carbocycles. The van der Waals surface area contributed by atoms with Crippen molar-refractivity contribution in [2.75, 3.05) is 21.3 Å². The second-order valence-electron chi connectivity index (χ2n) is 7.59. The fourth-order valence-corrected chi connectivity index (χ4v) is 4.01. The lowest BCUT2D eigenvalue weighted by Gasteiger charge is -2.13. The minimum absolute atomic E-state index is 0.0935. The highest BCUT2D eigenvalue weighted by atomic mass is 16.5. The predicted octanol–water partition coefficient (Wildman–Crippen LogP) is 1.34. The van der Waals surface area contributed by atoms with E-state index in [0.29, 0.717) is 23.0 Å². The van der Waals surface area contributed by atoms with Crippen LogP contribution in [0.5, 0.6) is 11.5 Å². The summed E-state index contributed by atoms with van der Waals surface area (Å²) >= 11 is 0. The van der Waals surface area contributed by atoms with Crippen LogP contribution >= 0.6 is 0 Å². The van der Waals surface area contributed by atoms with Crippen molar-refractivity contribution in [2.24, 2.45) is 7.05 Å². The van der Waals surface area contributed by atoms with E-state index in [9.17, 15) is 14.4 Å². The monoisotopic (exact) mass is 455 g/mol. The molecule has 11 heteroatoms. The maximum atomic E-state index is 13.4.